The molecule has 10 heteroatoms. The summed E-state index contributed by atoms with van der Waals surface area (Å²) in [5.74, 6) is 1.62. The van der Waals surface area contributed by atoms with Crippen LogP contribution in [0.4, 0.5) is 5.95 Å². The molecule has 9 nitrogen and oxygen atoms in total. The van der Waals surface area contributed by atoms with Crippen LogP contribution in [0.3, 0.4) is 0 Å². The van der Waals surface area contributed by atoms with Crippen LogP contribution in [0, 0.1) is 28.1 Å². The minimum absolute atomic E-state index is 0.135. The zero-order chi connectivity index (χ0) is 29.4. The first kappa shape index (κ1) is 29.6. The smallest absolute Gasteiger partial charge is 0.254 e. The highest BCUT2D eigenvalue weighted by Gasteiger charge is 2.64. The number of rotatable bonds is 7. The summed E-state index contributed by atoms with van der Waals surface area (Å²) in [4.78, 5) is 26.9. The van der Waals surface area contributed by atoms with E-state index in [-0.39, 0.29) is 35.0 Å². The van der Waals surface area contributed by atoms with Gasteiger partial charge in [0.15, 0.2) is 0 Å². The minimum atomic E-state index is -0.351. The number of nitrogens with one attached hydrogen (secondary N) is 1. The molecule has 2 saturated carbocycles. The second kappa shape index (κ2) is 11.7. The maximum atomic E-state index is 13.2. The Labute approximate surface area is 247 Å². The van der Waals surface area contributed by atoms with Gasteiger partial charge in [-0.05, 0) is 37.3 Å². The van der Waals surface area contributed by atoms with Crippen LogP contribution in [0.25, 0.3) is 0 Å². The number of carbonyl (C=O) groups is 1. The molecule has 1 aromatic heterocycles. The van der Waals surface area contributed by atoms with E-state index in [4.69, 9.17) is 21.6 Å². The van der Waals surface area contributed by atoms with Gasteiger partial charge in [-0.3, -0.25) is 9.69 Å². The molecule has 0 spiro atoms. The average Bonchev–Trinajstić information content (AvgIpc) is 2.95. The van der Waals surface area contributed by atoms with Crippen LogP contribution >= 0.6 is 11.6 Å². The summed E-state index contributed by atoms with van der Waals surface area (Å²) < 4.78 is 6.33. The first-order chi connectivity index (χ1) is 19.5. The predicted octanol–water partition coefficient (Wildman–Crippen LogP) is 4.29. The highest BCUT2D eigenvalue weighted by Crippen LogP contribution is 2.55. The number of piperazine rings is 1. The second-order valence-corrected chi connectivity index (χ2v) is 13.5. The molecule has 2 heterocycles. The highest BCUT2D eigenvalue weighted by atomic mass is 35.5. The first-order valence-electron chi connectivity index (χ1n) is 14.6. The van der Waals surface area contributed by atoms with Gasteiger partial charge in [0, 0.05) is 68.1 Å². The van der Waals surface area contributed by atoms with Crippen LogP contribution in [0.2, 0.25) is 5.02 Å². The topological polar surface area (TPSA) is 115 Å². The van der Waals surface area contributed by atoms with Gasteiger partial charge in [-0.1, -0.05) is 45.7 Å². The van der Waals surface area contributed by atoms with Gasteiger partial charge in [-0.2, -0.15) is 5.26 Å². The van der Waals surface area contributed by atoms with Gasteiger partial charge in [0.05, 0.1) is 22.3 Å². The van der Waals surface area contributed by atoms with Crippen molar-refractivity contribution in [2.24, 2.45) is 16.7 Å². The number of anilines is 1. The number of aromatic nitrogens is 2. The Bertz CT molecular complexity index is 1270. The largest absolute Gasteiger partial charge is 0.489 e. The quantitative estimate of drug-likeness (QED) is 0.498. The van der Waals surface area contributed by atoms with E-state index in [0.717, 1.165) is 52.0 Å². The van der Waals surface area contributed by atoms with Crippen LogP contribution in [0.15, 0.2) is 30.6 Å². The molecule has 5 rings (SSSR count). The number of halogens is 1. The molecule has 2 aliphatic carbocycles. The maximum Gasteiger partial charge on any atom is 0.254 e. The maximum absolute atomic E-state index is 13.2. The van der Waals surface area contributed by atoms with Crippen molar-refractivity contribution in [3.8, 4) is 11.8 Å². The van der Waals surface area contributed by atoms with E-state index in [2.05, 4.69) is 58.8 Å². The van der Waals surface area contributed by atoms with E-state index in [1.54, 1.807) is 30.6 Å². The zero-order valence-corrected chi connectivity index (χ0v) is 25.2. The molecule has 220 valence electrons. The Morgan fingerprint density at radius 2 is 1.83 bits per heavy atom. The number of ether oxygens (including phenoxy) is 1. The third kappa shape index (κ3) is 6.15. The van der Waals surface area contributed by atoms with Gasteiger partial charge in [0.1, 0.15) is 17.9 Å². The van der Waals surface area contributed by atoms with E-state index in [1.165, 1.54) is 6.42 Å². The summed E-state index contributed by atoms with van der Waals surface area (Å²) in [6, 6.07) is 7.00. The van der Waals surface area contributed by atoms with Gasteiger partial charge < -0.3 is 20.1 Å². The molecule has 3 fully saturated rings. The van der Waals surface area contributed by atoms with Gasteiger partial charge in [0.2, 0.25) is 5.95 Å². The summed E-state index contributed by atoms with van der Waals surface area (Å²) in [7, 11) is 0. The van der Waals surface area contributed by atoms with Crippen LogP contribution in [0.5, 0.6) is 5.75 Å². The molecule has 41 heavy (non-hydrogen) atoms. The number of amides is 1. The molecule has 2 atom stereocenters. The van der Waals surface area contributed by atoms with Crippen molar-refractivity contribution in [3.05, 3.63) is 46.7 Å². The Kier molecular flexibility index (Phi) is 8.47. The molecule has 1 saturated heterocycles. The van der Waals surface area contributed by atoms with Crippen molar-refractivity contribution in [2.45, 2.75) is 71.6 Å². The number of benzene rings is 1. The number of aliphatic hydroxyl groups is 1. The van der Waals surface area contributed by atoms with Crippen molar-refractivity contribution in [3.63, 3.8) is 0 Å². The molecule has 1 aromatic carbocycles. The lowest BCUT2D eigenvalue weighted by atomic mass is 9.49. The first-order valence-corrected chi connectivity index (χ1v) is 15.0. The van der Waals surface area contributed by atoms with E-state index < -0.39 is 0 Å². The zero-order valence-electron chi connectivity index (χ0n) is 24.4. The number of hydrogen-bond donors (Lipinski definition) is 2. The number of nitrogens with zero attached hydrogens (tertiary/aromatic N) is 5. The van der Waals surface area contributed by atoms with E-state index >= 15 is 0 Å². The molecular formula is C31H41ClN6O3. The SMILES string of the molecule is CC1(C)C(NC(=O)c2cnc(N3CCN(C[C@@H]4CCC[C@@H](O)C4)CC3)nc2)C(C)(C)C1Oc1ccc(C#N)c(Cl)c1. The van der Waals surface area contributed by atoms with Crippen molar-refractivity contribution in [2.75, 3.05) is 37.6 Å². The Morgan fingerprint density at radius 1 is 1.15 bits per heavy atom. The lowest BCUT2D eigenvalue weighted by molar-refractivity contribution is -0.164. The summed E-state index contributed by atoms with van der Waals surface area (Å²) >= 11 is 6.20. The van der Waals surface area contributed by atoms with Crippen LogP contribution < -0.4 is 15.0 Å². The van der Waals surface area contributed by atoms with Crippen LogP contribution in [-0.2, 0) is 0 Å². The van der Waals surface area contributed by atoms with Crippen molar-refractivity contribution in [1.29, 1.82) is 5.26 Å². The molecule has 0 radical (unpaired) electrons. The summed E-state index contributed by atoms with van der Waals surface area (Å²) in [6.45, 7) is 12.9. The molecule has 1 aliphatic heterocycles. The fraction of sp³-hybridized carbons (Fsp3) is 0.613. The van der Waals surface area contributed by atoms with E-state index in [1.807, 2.05) is 0 Å². The number of nitriles is 1. The average molecular weight is 581 g/mol. The Morgan fingerprint density at radius 3 is 2.44 bits per heavy atom. The lowest BCUT2D eigenvalue weighted by Crippen LogP contribution is -2.74. The fourth-order valence-electron chi connectivity index (χ4n) is 7.34. The Balaban J connectivity index is 1.14. The molecule has 2 aromatic rings. The molecule has 1 amide bonds. The van der Waals surface area contributed by atoms with Crippen LogP contribution in [-0.4, -0.2) is 76.9 Å². The monoisotopic (exact) mass is 580 g/mol. The van der Waals surface area contributed by atoms with Crippen molar-refractivity contribution in [1.82, 2.24) is 20.2 Å². The number of aliphatic hydroxyl groups excluding tert-OH is 1. The molecule has 0 unspecified atom stereocenters. The molecular weight excluding hydrogens is 540 g/mol. The number of hydrogen-bond acceptors (Lipinski definition) is 8. The van der Waals surface area contributed by atoms with Crippen LogP contribution in [0.1, 0.15) is 69.3 Å². The summed E-state index contributed by atoms with van der Waals surface area (Å²) in [5.41, 5.74) is 0.131. The predicted molar refractivity (Wildman–Crippen MR) is 158 cm³/mol. The summed E-state index contributed by atoms with van der Waals surface area (Å²) in [6.07, 6.45) is 7.10. The third-order valence-corrected chi connectivity index (χ3v) is 9.57. The number of carbonyl (C=O) groups excluding carboxylic acids is 1. The second-order valence-electron chi connectivity index (χ2n) is 13.0. The molecule has 0 bridgehead atoms. The van der Waals surface area contributed by atoms with Crippen molar-refractivity contribution < 1.29 is 14.6 Å². The molecule has 3 aliphatic rings. The van der Waals surface area contributed by atoms with E-state index in [0.29, 0.717) is 33.8 Å². The van der Waals surface area contributed by atoms with Gasteiger partial charge >= 0.3 is 0 Å². The third-order valence-electron chi connectivity index (χ3n) is 9.26. The van der Waals surface area contributed by atoms with Gasteiger partial charge in [-0.25, -0.2) is 9.97 Å². The minimum Gasteiger partial charge on any atom is -0.489 e. The normalized spacial score (nSPS) is 27.4. The fourth-order valence-corrected chi connectivity index (χ4v) is 7.55. The van der Waals surface area contributed by atoms with E-state index in [9.17, 15) is 9.90 Å². The van der Waals surface area contributed by atoms with Gasteiger partial charge in [0.25, 0.3) is 5.91 Å². The lowest BCUT2D eigenvalue weighted by Gasteiger charge is -2.63. The standard InChI is InChI=1S/C31H41ClN6O3/c1-30(2)27(31(3,4)28(30)41-24-9-8-21(16-33)25(32)15-24)36-26(40)22-17-34-29(35-18-22)38-12-10-37(11-13-38)19-20-6-5-7-23(39)14-20/h8-9,15,17-18,20,23,27-28,39H,5-7,10-14,19H2,1-4H3,(H,36,40)/t20-,23-,27?,28?/m1/s1. The summed E-state index contributed by atoms with van der Waals surface area (Å²) in [5, 5.41) is 22.7. The molecule has 2 N–H and O–H groups in total. The van der Waals surface area contributed by atoms with Gasteiger partial charge in [-0.15, -0.1) is 0 Å². The Hall–Kier alpha value is -2.93. The highest BCUT2D eigenvalue weighted by molar-refractivity contribution is 6.31. The van der Waals surface area contributed by atoms with Crippen molar-refractivity contribution >= 4 is 23.5 Å².